The van der Waals surface area contributed by atoms with E-state index in [-0.39, 0.29) is 31.1 Å². The molecule has 0 aliphatic rings. The van der Waals surface area contributed by atoms with Gasteiger partial charge in [0.2, 0.25) is 0 Å². The maximum Gasteiger partial charge on any atom is 0.306 e. The molecule has 0 fully saturated rings. The molecule has 0 amide bonds. The molecule has 1 unspecified atom stereocenters. The first-order chi connectivity index (χ1) is 38.0. The van der Waals surface area contributed by atoms with Crippen molar-refractivity contribution >= 4 is 17.9 Å². The van der Waals surface area contributed by atoms with Crippen LogP contribution in [0.15, 0.2) is 109 Å². The zero-order valence-electron chi connectivity index (χ0n) is 50.4. The molecule has 0 rings (SSSR count). The van der Waals surface area contributed by atoms with Gasteiger partial charge >= 0.3 is 17.9 Å². The van der Waals surface area contributed by atoms with Gasteiger partial charge in [0.05, 0.1) is 0 Å². The van der Waals surface area contributed by atoms with Crippen molar-refractivity contribution in [3.05, 3.63) is 109 Å². The molecule has 0 aromatic carbocycles. The zero-order chi connectivity index (χ0) is 55.7. The predicted octanol–water partition coefficient (Wildman–Crippen LogP) is 22.2. The molecule has 0 heterocycles. The molecule has 0 radical (unpaired) electrons. The maximum absolute atomic E-state index is 12.9. The van der Waals surface area contributed by atoms with E-state index in [1.165, 1.54) is 128 Å². The number of unbranched alkanes of at least 4 members (excludes halogenated alkanes) is 29. The Morgan fingerprint density at radius 1 is 0.273 bits per heavy atom. The van der Waals surface area contributed by atoms with E-state index in [0.29, 0.717) is 19.3 Å². The van der Waals surface area contributed by atoms with Gasteiger partial charge in [0.1, 0.15) is 13.2 Å². The summed E-state index contributed by atoms with van der Waals surface area (Å²) in [5.41, 5.74) is 0. The lowest BCUT2D eigenvalue weighted by Crippen LogP contribution is -2.30. The van der Waals surface area contributed by atoms with Gasteiger partial charge in [0, 0.05) is 19.3 Å². The predicted molar refractivity (Wildman–Crippen MR) is 334 cm³/mol. The van der Waals surface area contributed by atoms with Crippen LogP contribution in [0.2, 0.25) is 0 Å². The summed E-state index contributed by atoms with van der Waals surface area (Å²) in [6.45, 7) is 6.52. The normalized spacial score (nSPS) is 12.8. The molecule has 0 saturated heterocycles. The van der Waals surface area contributed by atoms with E-state index in [1.807, 2.05) is 0 Å². The molecule has 0 bridgehead atoms. The Morgan fingerprint density at radius 2 is 0.506 bits per heavy atom. The van der Waals surface area contributed by atoms with Crippen molar-refractivity contribution in [2.75, 3.05) is 13.2 Å². The second kappa shape index (κ2) is 64.6. The number of ether oxygens (including phenoxy) is 3. The van der Waals surface area contributed by atoms with Gasteiger partial charge in [-0.25, -0.2) is 0 Å². The van der Waals surface area contributed by atoms with Crippen LogP contribution >= 0.6 is 0 Å². The van der Waals surface area contributed by atoms with Crippen molar-refractivity contribution in [1.82, 2.24) is 0 Å². The molecule has 0 aliphatic heterocycles. The highest BCUT2D eigenvalue weighted by Crippen LogP contribution is 2.16. The van der Waals surface area contributed by atoms with Crippen molar-refractivity contribution in [2.45, 2.75) is 309 Å². The Morgan fingerprint density at radius 3 is 0.792 bits per heavy atom. The minimum Gasteiger partial charge on any atom is -0.462 e. The van der Waals surface area contributed by atoms with Gasteiger partial charge in [-0.2, -0.15) is 0 Å². The maximum atomic E-state index is 12.9. The van der Waals surface area contributed by atoms with Crippen LogP contribution in [0.5, 0.6) is 0 Å². The minimum atomic E-state index is -0.783. The molecule has 0 aliphatic carbocycles. The summed E-state index contributed by atoms with van der Waals surface area (Å²) < 4.78 is 16.9. The molecule has 0 spiro atoms. The largest absolute Gasteiger partial charge is 0.462 e. The Kier molecular flexibility index (Phi) is 61.3. The second-order valence-corrected chi connectivity index (χ2v) is 21.3. The Bertz CT molecular complexity index is 1560. The number of hydrogen-bond acceptors (Lipinski definition) is 6. The lowest BCUT2D eigenvalue weighted by atomic mass is 10.0. The topological polar surface area (TPSA) is 78.9 Å². The number of carbonyl (C=O) groups excluding carboxylic acids is 3. The van der Waals surface area contributed by atoms with Crippen molar-refractivity contribution in [3.63, 3.8) is 0 Å². The monoisotopic (exact) mass is 1070 g/mol. The van der Waals surface area contributed by atoms with Crippen LogP contribution in [0.4, 0.5) is 0 Å². The first kappa shape index (κ1) is 73.1. The average Bonchev–Trinajstić information content (AvgIpc) is 3.43. The molecule has 440 valence electrons. The number of rotatable bonds is 58. The fourth-order valence-corrected chi connectivity index (χ4v) is 8.97. The summed E-state index contributed by atoms with van der Waals surface area (Å²) >= 11 is 0. The van der Waals surface area contributed by atoms with Gasteiger partial charge in [0.25, 0.3) is 0 Å². The SMILES string of the molecule is CC/C=C\C/C=C\C/C=C\C/C=C\C/C=C\C/C=C\C/C=C\C/C=C\C/C=C\CCCCCCCC(=O)OCC(COC(=O)CCCCCCCCCCCC)OC(=O)CCCCCCCCCCCCCCCCCC. The minimum absolute atomic E-state index is 0.0804. The summed E-state index contributed by atoms with van der Waals surface area (Å²) in [5, 5.41) is 0. The molecule has 0 aromatic heterocycles. The van der Waals surface area contributed by atoms with Gasteiger partial charge in [0.15, 0.2) is 6.10 Å². The second-order valence-electron chi connectivity index (χ2n) is 21.3. The smallest absolute Gasteiger partial charge is 0.306 e. The number of esters is 3. The van der Waals surface area contributed by atoms with E-state index in [0.717, 1.165) is 135 Å². The average molecular weight is 1070 g/mol. The van der Waals surface area contributed by atoms with Crippen LogP contribution < -0.4 is 0 Å². The molecule has 0 aromatic rings. The van der Waals surface area contributed by atoms with E-state index in [1.54, 1.807) is 0 Å². The lowest BCUT2D eigenvalue weighted by Gasteiger charge is -2.18. The van der Waals surface area contributed by atoms with Gasteiger partial charge in [-0.05, 0) is 89.9 Å². The fourth-order valence-electron chi connectivity index (χ4n) is 8.97. The molecule has 1 atom stereocenters. The van der Waals surface area contributed by atoms with E-state index < -0.39 is 6.10 Å². The van der Waals surface area contributed by atoms with Crippen LogP contribution in [-0.4, -0.2) is 37.2 Å². The van der Waals surface area contributed by atoms with Crippen molar-refractivity contribution in [1.29, 1.82) is 0 Å². The molecule has 6 nitrogen and oxygen atoms in total. The van der Waals surface area contributed by atoms with Crippen LogP contribution in [-0.2, 0) is 28.6 Å². The molecule has 0 saturated carbocycles. The van der Waals surface area contributed by atoms with Crippen LogP contribution in [0, 0.1) is 0 Å². The summed E-state index contributed by atoms with van der Waals surface area (Å²) in [5.74, 6) is -0.892. The summed E-state index contributed by atoms with van der Waals surface area (Å²) in [4.78, 5) is 38.2. The van der Waals surface area contributed by atoms with Crippen LogP contribution in [0.1, 0.15) is 303 Å². The Labute approximate surface area is 476 Å². The van der Waals surface area contributed by atoms with Crippen molar-refractivity contribution in [3.8, 4) is 0 Å². The van der Waals surface area contributed by atoms with Crippen molar-refractivity contribution in [2.24, 2.45) is 0 Å². The van der Waals surface area contributed by atoms with E-state index in [2.05, 4.69) is 130 Å². The first-order valence-electron chi connectivity index (χ1n) is 32.4. The number of allylic oxidation sites excluding steroid dienone is 18. The van der Waals surface area contributed by atoms with E-state index in [4.69, 9.17) is 14.2 Å². The van der Waals surface area contributed by atoms with E-state index in [9.17, 15) is 14.4 Å². The quantitative estimate of drug-likeness (QED) is 0.0261. The number of hydrogen-bond donors (Lipinski definition) is 0. The van der Waals surface area contributed by atoms with Crippen molar-refractivity contribution < 1.29 is 28.6 Å². The number of carbonyl (C=O) groups is 3. The third-order valence-corrected chi connectivity index (χ3v) is 13.8. The first-order valence-corrected chi connectivity index (χ1v) is 32.4. The summed E-state index contributed by atoms with van der Waals surface area (Å²) in [6.07, 6.45) is 88.2. The lowest BCUT2D eigenvalue weighted by molar-refractivity contribution is -0.167. The molecular weight excluding hydrogens is 949 g/mol. The Balaban J connectivity index is 4.25. The third kappa shape index (κ3) is 62.8. The molecule has 6 heteroatoms. The standard InChI is InChI=1S/C71H120O6/c1-4-7-10-13-16-19-22-24-26-28-29-30-31-32-33-34-35-36-37-38-39-40-41-42-43-44-46-47-49-52-55-58-61-64-70(73)76-67-68(66-75-69(72)63-60-57-54-51-21-18-15-12-9-6-3)77-71(74)65-62-59-56-53-50-48-45-27-25-23-20-17-14-11-8-5-2/h7,10,16,19,24,26,29-30,32-33,35-36,38-39,41-42,44,46,68H,4-6,8-9,11-15,17-18,20-23,25,27-28,31,34,37,40,43,45,47-67H2,1-3H3/b10-7-,19-16-,26-24-,30-29-,33-32-,36-35-,39-38-,42-41-,46-44-. The van der Waals surface area contributed by atoms with Gasteiger partial charge in [-0.15, -0.1) is 0 Å². The van der Waals surface area contributed by atoms with Crippen LogP contribution in [0.25, 0.3) is 0 Å². The van der Waals surface area contributed by atoms with Gasteiger partial charge < -0.3 is 14.2 Å². The van der Waals surface area contributed by atoms with Crippen LogP contribution in [0.3, 0.4) is 0 Å². The highest BCUT2D eigenvalue weighted by atomic mass is 16.6. The van der Waals surface area contributed by atoms with E-state index >= 15 is 0 Å². The molecular formula is C71H120O6. The summed E-state index contributed by atoms with van der Waals surface area (Å²) in [7, 11) is 0. The van der Waals surface area contributed by atoms with Gasteiger partial charge in [-0.1, -0.05) is 304 Å². The summed E-state index contributed by atoms with van der Waals surface area (Å²) in [6, 6.07) is 0. The third-order valence-electron chi connectivity index (χ3n) is 13.8. The van der Waals surface area contributed by atoms with Gasteiger partial charge in [-0.3, -0.25) is 14.4 Å². The fraction of sp³-hybridized carbons (Fsp3) is 0.704. The Hall–Kier alpha value is -3.93. The highest BCUT2D eigenvalue weighted by Gasteiger charge is 2.19. The zero-order valence-corrected chi connectivity index (χ0v) is 50.4. The highest BCUT2D eigenvalue weighted by molar-refractivity contribution is 5.71. The molecule has 77 heavy (non-hydrogen) atoms. The molecule has 0 N–H and O–H groups in total.